The van der Waals surface area contributed by atoms with E-state index in [9.17, 15) is 0 Å². The van der Waals surface area contributed by atoms with Crippen molar-refractivity contribution < 1.29 is 0 Å². The van der Waals surface area contributed by atoms with Gasteiger partial charge in [-0.15, -0.1) is 0 Å². The zero-order chi connectivity index (χ0) is 6.97. The molecule has 0 aromatic carbocycles. The normalized spacial score (nSPS) is 21.1. The zero-order valence-electron chi connectivity index (χ0n) is 5.72. The van der Waals surface area contributed by atoms with E-state index in [0.29, 0.717) is 6.54 Å². The van der Waals surface area contributed by atoms with E-state index in [0.717, 1.165) is 6.54 Å². The van der Waals surface area contributed by atoms with Gasteiger partial charge in [-0.25, -0.2) is 0 Å². The molecule has 0 amide bonds. The first-order valence-electron chi connectivity index (χ1n) is 3.45. The molecule has 0 spiro atoms. The summed E-state index contributed by atoms with van der Waals surface area (Å²) in [5.74, 6) is 0. The lowest BCUT2D eigenvalue weighted by atomic mass is 10.2. The van der Waals surface area contributed by atoms with Crippen LogP contribution in [0.3, 0.4) is 0 Å². The minimum atomic E-state index is 0.654. The molecule has 2 rings (SSSR count). The first-order valence-corrected chi connectivity index (χ1v) is 3.45. The van der Waals surface area contributed by atoms with Gasteiger partial charge < -0.3 is 11.1 Å². The van der Waals surface area contributed by atoms with Crippen molar-refractivity contribution in [3.8, 4) is 0 Å². The number of hydrogen-bond donors (Lipinski definition) is 2. The summed E-state index contributed by atoms with van der Waals surface area (Å²) in [6.07, 6.45) is 6.33. The zero-order valence-corrected chi connectivity index (χ0v) is 5.72. The van der Waals surface area contributed by atoms with Crippen molar-refractivity contribution in [3.63, 3.8) is 0 Å². The Morgan fingerprint density at radius 3 is 3.10 bits per heavy atom. The van der Waals surface area contributed by atoms with Crippen LogP contribution in [0.4, 0.5) is 0 Å². The highest BCUT2D eigenvalue weighted by molar-refractivity contribution is 5.55. The van der Waals surface area contributed by atoms with E-state index < -0.39 is 0 Å². The van der Waals surface area contributed by atoms with Gasteiger partial charge in [0.25, 0.3) is 0 Å². The Morgan fingerprint density at radius 1 is 1.50 bits per heavy atom. The summed E-state index contributed by atoms with van der Waals surface area (Å²) in [5.41, 5.74) is 9.40. The Kier molecular flexibility index (Phi) is 1.14. The molecule has 10 heavy (non-hydrogen) atoms. The smallest absolute Gasteiger partial charge is 0.0402 e. The SMILES string of the molecule is NCC1=CC2=CNCC2=C1. The fraction of sp³-hybridized carbons (Fsp3) is 0.250. The number of nitrogens with two attached hydrogens (primary N) is 1. The van der Waals surface area contributed by atoms with Crippen molar-refractivity contribution in [2.45, 2.75) is 0 Å². The van der Waals surface area contributed by atoms with Gasteiger partial charge >= 0.3 is 0 Å². The maximum absolute atomic E-state index is 5.48. The highest BCUT2D eigenvalue weighted by Gasteiger charge is 2.14. The van der Waals surface area contributed by atoms with Crippen LogP contribution < -0.4 is 11.1 Å². The molecule has 0 fully saturated rings. The molecule has 1 aliphatic carbocycles. The number of hydrogen-bond acceptors (Lipinski definition) is 2. The van der Waals surface area contributed by atoms with Gasteiger partial charge in [0, 0.05) is 19.3 Å². The third kappa shape index (κ3) is 0.693. The van der Waals surface area contributed by atoms with Crippen molar-refractivity contribution in [1.29, 1.82) is 0 Å². The van der Waals surface area contributed by atoms with E-state index in [-0.39, 0.29) is 0 Å². The second-order valence-electron chi connectivity index (χ2n) is 2.57. The van der Waals surface area contributed by atoms with Gasteiger partial charge in [0.05, 0.1) is 0 Å². The van der Waals surface area contributed by atoms with Gasteiger partial charge in [-0.05, 0) is 22.8 Å². The van der Waals surface area contributed by atoms with Crippen LogP contribution >= 0.6 is 0 Å². The quantitative estimate of drug-likeness (QED) is 0.541. The van der Waals surface area contributed by atoms with E-state index in [1.54, 1.807) is 0 Å². The average Bonchev–Trinajstić information content (AvgIpc) is 2.42. The van der Waals surface area contributed by atoms with Gasteiger partial charge in [-0.1, -0.05) is 6.08 Å². The summed E-state index contributed by atoms with van der Waals surface area (Å²) >= 11 is 0. The molecule has 0 unspecified atom stereocenters. The van der Waals surface area contributed by atoms with Crippen LogP contribution in [0.5, 0.6) is 0 Å². The van der Waals surface area contributed by atoms with Crippen molar-refractivity contribution in [2.75, 3.05) is 13.1 Å². The van der Waals surface area contributed by atoms with Gasteiger partial charge in [0.15, 0.2) is 0 Å². The molecule has 2 aliphatic rings. The van der Waals surface area contributed by atoms with Crippen molar-refractivity contribution in [1.82, 2.24) is 5.32 Å². The largest absolute Gasteiger partial charge is 0.386 e. The molecule has 0 aromatic rings. The van der Waals surface area contributed by atoms with Gasteiger partial charge in [0.1, 0.15) is 0 Å². The molecular formula is C8H10N2. The van der Waals surface area contributed by atoms with Crippen LogP contribution in [-0.2, 0) is 0 Å². The second kappa shape index (κ2) is 1.99. The summed E-state index contributed by atoms with van der Waals surface area (Å²) in [5, 5.41) is 3.15. The van der Waals surface area contributed by atoms with Crippen LogP contribution in [0.2, 0.25) is 0 Å². The first-order chi connectivity index (χ1) is 4.90. The maximum atomic E-state index is 5.48. The Bertz CT molecular complexity index is 246. The molecule has 0 radical (unpaired) electrons. The highest BCUT2D eigenvalue weighted by atomic mass is 14.9. The van der Waals surface area contributed by atoms with Crippen molar-refractivity contribution in [3.05, 3.63) is 35.1 Å². The average molecular weight is 134 g/mol. The highest BCUT2D eigenvalue weighted by Crippen LogP contribution is 2.24. The Labute approximate surface area is 60.1 Å². The van der Waals surface area contributed by atoms with E-state index >= 15 is 0 Å². The predicted molar refractivity (Wildman–Crippen MR) is 41.3 cm³/mol. The summed E-state index contributed by atoms with van der Waals surface area (Å²) in [4.78, 5) is 0. The van der Waals surface area contributed by atoms with Gasteiger partial charge in [-0.3, -0.25) is 0 Å². The van der Waals surface area contributed by atoms with E-state index in [1.165, 1.54) is 16.7 Å². The standard InChI is InChI=1S/C8H10N2/c9-3-6-1-7-4-10-5-8(7)2-6/h1-2,4,10H,3,5,9H2. The minimum absolute atomic E-state index is 0.654. The number of nitrogens with one attached hydrogen (secondary N) is 1. The van der Waals surface area contributed by atoms with Crippen LogP contribution in [0.25, 0.3) is 0 Å². The summed E-state index contributed by atoms with van der Waals surface area (Å²) < 4.78 is 0. The third-order valence-corrected chi connectivity index (χ3v) is 1.86. The van der Waals surface area contributed by atoms with Crippen LogP contribution in [0.1, 0.15) is 0 Å². The Morgan fingerprint density at radius 2 is 2.40 bits per heavy atom. The van der Waals surface area contributed by atoms with Crippen LogP contribution in [-0.4, -0.2) is 13.1 Å². The molecule has 0 atom stereocenters. The molecule has 0 saturated carbocycles. The van der Waals surface area contributed by atoms with E-state index in [4.69, 9.17) is 5.73 Å². The molecule has 3 N–H and O–H groups in total. The number of allylic oxidation sites excluding steroid dienone is 1. The van der Waals surface area contributed by atoms with Gasteiger partial charge in [-0.2, -0.15) is 0 Å². The van der Waals surface area contributed by atoms with Crippen LogP contribution in [0.15, 0.2) is 35.1 Å². The Hall–Kier alpha value is -1.02. The molecule has 2 heteroatoms. The fourth-order valence-corrected chi connectivity index (χ4v) is 1.32. The topological polar surface area (TPSA) is 38.0 Å². The molecule has 1 aliphatic heterocycles. The molecular weight excluding hydrogens is 124 g/mol. The lowest BCUT2D eigenvalue weighted by Crippen LogP contribution is -2.02. The first kappa shape index (κ1) is 5.74. The van der Waals surface area contributed by atoms with Gasteiger partial charge in [0.2, 0.25) is 0 Å². The van der Waals surface area contributed by atoms with Crippen molar-refractivity contribution in [2.24, 2.45) is 5.73 Å². The summed E-state index contributed by atoms with van der Waals surface area (Å²) in [6, 6.07) is 0. The third-order valence-electron chi connectivity index (χ3n) is 1.86. The van der Waals surface area contributed by atoms with Crippen molar-refractivity contribution >= 4 is 0 Å². The molecule has 2 nitrogen and oxygen atoms in total. The lowest BCUT2D eigenvalue weighted by molar-refractivity contribution is 1.00. The Balaban J connectivity index is 2.33. The monoisotopic (exact) mass is 134 g/mol. The summed E-state index contributed by atoms with van der Waals surface area (Å²) in [7, 11) is 0. The fourth-order valence-electron chi connectivity index (χ4n) is 1.32. The van der Waals surface area contributed by atoms with Crippen LogP contribution in [0, 0.1) is 0 Å². The molecule has 0 aromatic heterocycles. The second-order valence-corrected chi connectivity index (χ2v) is 2.57. The number of rotatable bonds is 1. The summed E-state index contributed by atoms with van der Waals surface area (Å²) in [6.45, 7) is 1.62. The van der Waals surface area contributed by atoms with E-state index in [2.05, 4.69) is 17.5 Å². The maximum Gasteiger partial charge on any atom is 0.0402 e. The number of fused-ring (bicyclic) bond motifs is 1. The molecule has 0 bridgehead atoms. The lowest BCUT2D eigenvalue weighted by Gasteiger charge is -1.90. The molecule has 0 saturated heterocycles. The predicted octanol–water partition coefficient (Wildman–Crippen LogP) is 0.299. The minimum Gasteiger partial charge on any atom is -0.386 e. The molecule has 52 valence electrons. The molecule has 1 heterocycles. The van der Waals surface area contributed by atoms with E-state index in [1.807, 2.05) is 6.20 Å².